The maximum absolute atomic E-state index is 12.5. The standard InChI is InChI=1S/C15H21BrN2O/c1-3-15(6-4-5-7-15)14(19)18-13-9-12(17)10(2)8-11(13)16/h8-9H,3-7,17H2,1-2H3,(H,18,19). The van der Waals surface area contributed by atoms with Gasteiger partial charge in [-0.15, -0.1) is 0 Å². The molecule has 3 nitrogen and oxygen atoms in total. The molecule has 1 aliphatic rings. The lowest BCUT2D eigenvalue weighted by molar-refractivity contribution is -0.125. The lowest BCUT2D eigenvalue weighted by Crippen LogP contribution is -2.33. The molecule has 4 heteroatoms. The minimum atomic E-state index is -0.181. The van der Waals surface area contributed by atoms with Gasteiger partial charge in [0.15, 0.2) is 0 Å². The molecule has 0 radical (unpaired) electrons. The van der Waals surface area contributed by atoms with Gasteiger partial charge in [-0.1, -0.05) is 19.8 Å². The van der Waals surface area contributed by atoms with Crippen molar-refractivity contribution < 1.29 is 4.79 Å². The van der Waals surface area contributed by atoms with E-state index in [9.17, 15) is 4.79 Å². The number of carbonyl (C=O) groups excluding carboxylic acids is 1. The van der Waals surface area contributed by atoms with Crippen molar-refractivity contribution >= 4 is 33.2 Å². The van der Waals surface area contributed by atoms with Crippen LogP contribution in [-0.2, 0) is 4.79 Å². The normalized spacial score (nSPS) is 17.4. The zero-order valence-electron chi connectivity index (χ0n) is 11.6. The topological polar surface area (TPSA) is 55.1 Å². The number of nitrogens with one attached hydrogen (secondary N) is 1. The molecule has 1 fully saturated rings. The summed E-state index contributed by atoms with van der Waals surface area (Å²) in [6.07, 6.45) is 5.19. The molecule has 0 aromatic heterocycles. The Balaban J connectivity index is 2.21. The van der Waals surface area contributed by atoms with Gasteiger partial charge >= 0.3 is 0 Å². The first-order valence-electron chi connectivity index (χ1n) is 6.85. The molecule has 1 amide bonds. The maximum Gasteiger partial charge on any atom is 0.230 e. The van der Waals surface area contributed by atoms with Gasteiger partial charge < -0.3 is 11.1 Å². The summed E-state index contributed by atoms with van der Waals surface area (Å²) in [5.41, 5.74) is 8.22. The number of amides is 1. The average molecular weight is 325 g/mol. The number of hydrogen-bond donors (Lipinski definition) is 2. The fraction of sp³-hybridized carbons (Fsp3) is 0.533. The molecule has 0 atom stereocenters. The number of rotatable bonds is 3. The van der Waals surface area contributed by atoms with E-state index >= 15 is 0 Å². The van der Waals surface area contributed by atoms with Crippen LogP contribution in [0.1, 0.15) is 44.6 Å². The number of nitrogen functional groups attached to an aromatic ring is 1. The quantitative estimate of drug-likeness (QED) is 0.816. The molecular weight excluding hydrogens is 304 g/mol. The first-order valence-corrected chi connectivity index (χ1v) is 7.65. The lowest BCUT2D eigenvalue weighted by atomic mass is 9.82. The van der Waals surface area contributed by atoms with E-state index in [0.717, 1.165) is 47.8 Å². The van der Waals surface area contributed by atoms with E-state index in [-0.39, 0.29) is 11.3 Å². The molecule has 3 N–H and O–H groups in total. The van der Waals surface area contributed by atoms with E-state index in [2.05, 4.69) is 28.2 Å². The van der Waals surface area contributed by atoms with Gasteiger partial charge in [-0.05, 0) is 59.8 Å². The summed E-state index contributed by atoms with van der Waals surface area (Å²) in [7, 11) is 0. The highest BCUT2D eigenvalue weighted by atomic mass is 79.9. The molecule has 0 saturated heterocycles. The highest BCUT2D eigenvalue weighted by molar-refractivity contribution is 9.10. The molecule has 1 aliphatic carbocycles. The van der Waals surface area contributed by atoms with E-state index in [1.807, 2.05) is 19.1 Å². The highest BCUT2D eigenvalue weighted by Crippen LogP contribution is 2.42. The van der Waals surface area contributed by atoms with Crippen LogP contribution < -0.4 is 11.1 Å². The third-order valence-electron chi connectivity index (χ3n) is 4.32. The van der Waals surface area contributed by atoms with Gasteiger partial charge in [0.2, 0.25) is 5.91 Å². The van der Waals surface area contributed by atoms with Crippen LogP contribution in [0.15, 0.2) is 16.6 Å². The number of halogens is 1. The molecule has 104 valence electrons. The number of carbonyl (C=O) groups is 1. The first kappa shape index (κ1) is 14.4. The second-order valence-corrected chi connectivity index (χ2v) is 6.34. The van der Waals surface area contributed by atoms with Crippen molar-refractivity contribution in [3.05, 3.63) is 22.2 Å². The van der Waals surface area contributed by atoms with Gasteiger partial charge in [-0.2, -0.15) is 0 Å². The Morgan fingerprint density at radius 2 is 2.05 bits per heavy atom. The summed E-state index contributed by atoms with van der Waals surface area (Å²) in [4.78, 5) is 12.5. The fourth-order valence-corrected chi connectivity index (χ4v) is 3.39. The first-order chi connectivity index (χ1) is 8.98. The van der Waals surface area contributed by atoms with Crippen LogP contribution in [0, 0.1) is 12.3 Å². The van der Waals surface area contributed by atoms with Gasteiger partial charge in [0.1, 0.15) is 0 Å². The number of aryl methyl sites for hydroxylation is 1. The van der Waals surface area contributed by atoms with Gasteiger partial charge in [0.25, 0.3) is 0 Å². The number of hydrogen-bond acceptors (Lipinski definition) is 2. The highest BCUT2D eigenvalue weighted by Gasteiger charge is 2.39. The summed E-state index contributed by atoms with van der Waals surface area (Å²) in [5, 5.41) is 3.05. The van der Waals surface area contributed by atoms with E-state index in [1.54, 1.807) is 0 Å². The molecule has 0 bridgehead atoms. The lowest BCUT2D eigenvalue weighted by Gasteiger charge is -2.26. The Hall–Kier alpha value is -1.03. The smallest absolute Gasteiger partial charge is 0.230 e. The van der Waals surface area contributed by atoms with Gasteiger partial charge in [0, 0.05) is 15.6 Å². The van der Waals surface area contributed by atoms with Crippen molar-refractivity contribution in [1.29, 1.82) is 0 Å². The Bertz CT molecular complexity index is 493. The molecule has 0 unspecified atom stereocenters. The van der Waals surface area contributed by atoms with Crippen molar-refractivity contribution in [2.75, 3.05) is 11.1 Å². The molecule has 19 heavy (non-hydrogen) atoms. The largest absolute Gasteiger partial charge is 0.398 e. The molecule has 0 heterocycles. The fourth-order valence-electron chi connectivity index (χ4n) is 2.83. The molecule has 1 saturated carbocycles. The summed E-state index contributed by atoms with van der Waals surface area (Å²) in [5.74, 6) is 0.136. The van der Waals surface area contributed by atoms with Crippen molar-refractivity contribution in [3.8, 4) is 0 Å². The van der Waals surface area contributed by atoms with Gasteiger partial charge in [0.05, 0.1) is 5.69 Å². The zero-order chi connectivity index (χ0) is 14.0. The van der Waals surface area contributed by atoms with Crippen LogP contribution in [0.2, 0.25) is 0 Å². The Morgan fingerprint density at radius 3 is 2.63 bits per heavy atom. The third kappa shape index (κ3) is 2.78. The summed E-state index contributed by atoms with van der Waals surface area (Å²) < 4.78 is 0.886. The molecule has 0 spiro atoms. The second-order valence-electron chi connectivity index (χ2n) is 5.48. The Morgan fingerprint density at radius 1 is 1.42 bits per heavy atom. The molecule has 2 rings (SSSR count). The predicted octanol–water partition coefficient (Wildman–Crippen LogP) is 4.25. The van der Waals surface area contributed by atoms with Crippen molar-refractivity contribution in [3.63, 3.8) is 0 Å². The molecule has 1 aromatic carbocycles. The molecule has 0 aliphatic heterocycles. The zero-order valence-corrected chi connectivity index (χ0v) is 13.1. The summed E-state index contributed by atoms with van der Waals surface area (Å²) >= 11 is 3.49. The van der Waals surface area contributed by atoms with Crippen LogP contribution in [-0.4, -0.2) is 5.91 Å². The van der Waals surface area contributed by atoms with E-state index in [0.29, 0.717) is 5.69 Å². The van der Waals surface area contributed by atoms with Crippen LogP contribution in [0.5, 0.6) is 0 Å². The van der Waals surface area contributed by atoms with E-state index in [4.69, 9.17) is 5.73 Å². The van der Waals surface area contributed by atoms with Crippen molar-refractivity contribution in [2.24, 2.45) is 5.41 Å². The SMILES string of the molecule is CCC1(C(=O)Nc2cc(N)c(C)cc2Br)CCCC1. The number of benzene rings is 1. The Kier molecular flexibility index (Phi) is 4.19. The minimum Gasteiger partial charge on any atom is -0.398 e. The van der Waals surface area contributed by atoms with Crippen LogP contribution in [0.25, 0.3) is 0 Å². The molecular formula is C15H21BrN2O. The van der Waals surface area contributed by atoms with Gasteiger partial charge in [-0.25, -0.2) is 0 Å². The number of nitrogens with two attached hydrogens (primary N) is 1. The summed E-state index contributed by atoms with van der Waals surface area (Å²) in [6, 6.07) is 3.77. The van der Waals surface area contributed by atoms with Crippen molar-refractivity contribution in [2.45, 2.75) is 46.0 Å². The van der Waals surface area contributed by atoms with E-state index in [1.165, 1.54) is 0 Å². The van der Waals surface area contributed by atoms with Gasteiger partial charge in [-0.3, -0.25) is 4.79 Å². The van der Waals surface area contributed by atoms with Crippen molar-refractivity contribution in [1.82, 2.24) is 0 Å². The van der Waals surface area contributed by atoms with Crippen LogP contribution in [0.4, 0.5) is 11.4 Å². The van der Waals surface area contributed by atoms with E-state index < -0.39 is 0 Å². The van der Waals surface area contributed by atoms with Crippen LogP contribution in [0.3, 0.4) is 0 Å². The number of anilines is 2. The second kappa shape index (κ2) is 5.53. The molecule has 1 aromatic rings. The maximum atomic E-state index is 12.5. The minimum absolute atomic E-state index is 0.136. The van der Waals surface area contributed by atoms with Crippen LogP contribution >= 0.6 is 15.9 Å². The predicted molar refractivity (Wildman–Crippen MR) is 83.1 cm³/mol. The summed E-state index contributed by atoms with van der Waals surface area (Å²) in [6.45, 7) is 4.06. The average Bonchev–Trinajstić information content (AvgIpc) is 2.86. The monoisotopic (exact) mass is 324 g/mol. The third-order valence-corrected chi connectivity index (χ3v) is 4.98. The Labute approximate surface area is 123 Å².